The lowest BCUT2D eigenvalue weighted by molar-refractivity contribution is -0.406. The summed E-state index contributed by atoms with van der Waals surface area (Å²) in [7, 11) is 6.48. The van der Waals surface area contributed by atoms with E-state index in [9.17, 15) is 30.3 Å². The Hall–Kier alpha value is -1.01. The van der Waals surface area contributed by atoms with Gasteiger partial charge in [0.2, 0.25) is 0 Å². The Labute approximate surface area is 452 Å². The fourth-order valence-corrected chi connectivity index (χ4v) is 20.1. The smallest absolute Gasteiger partial charge is 0.163 e. The molecule has 8 saturated carbocycles. The highest BCUT2D eigenvalue weighted by molar-refractivity contribution is 5.83. The molecule has 0 amide bonds. The molecular weight excluding hydrogens is 985 g/mol. The zero-order valence-corrected chi connectivity index (χ0v) is 48.1. The molecule has 0 radical (unpaired) electrons. The lowest BCUT2D eigenvalue weighted by Crippen LogP contribution is -2.78. The van der Waals surface area contributed by atoms with Gasteiger partial charge in [-0.15, -0.1) is 0 Å². The fraction of sp³-hybridized carbons (Fsp3) is 0.983. The average Bonchev–Trinajstić information content (AvgIpc) is 3.84. The molecule has 10 aliphatic rings. The molecule has 21 atom stereocenters. The molecule has 18 nitrogen and oxygen atoms in total. The summed E-state index contributed by atoms with van der Waals surface area (Å²) in [5.41, 5.74) is -5.65. The van der Waals surface area contributed by atoms with Gasteiger partial charge in [0, 0.05) is 57.0 Å². The van der Waals surface area contributed by atoms with Gasteiger partial charge in [-0.1, -0.05) is 27.7 Å². The lowest BCUT2D eigenvalue weighted by Gasteiger charge is -2.72. The molecule has 8 aliphatic carbocycles. The van der Waals surface area contributed by atoms with Gasteiger partial charge in [-0.2, -0.15) is 0 Å². The van der Waals surface area contributed by atoms with Crippen LogP contribution in [-0.4, -0.2) is 178 Å². The van der Waals surface area contributed by atoms with E-state index in [0.717, 1.165) is 38.5 Å². The molecule has 0 aromatic carbocycles. The van der Waals surface area contributed by atoms with Crippen LogP contribution in [0.25, 0.3) is 0 Å². The maximum absolute atomic E-state index is 13.1. The second kappa shape index (κ2) is 21.6. The number of carbonyl (C=O) groups excluding carboxylic acids is 1. The highest BCUT2D eigenvalue weighted by Crippen LogP contribution is 2.75. The third-order valence-corrected chi connectivity index (χ3v) is 22.7. The SMILES string of the molecule is COCO[C@@H]1C[C@]2(C)[C@@H](C(=O)CO)CC[C@]2(OCOC)C2CC[C@]3(O)C[C@@H](C)C[C@H]4OC(C)(C)OC[C@]43C21.COCO[C@@H]1C[C@]2(C)[C@@H](C(O)CO)CC[C@]2(OCOC)C2CC[C@]3(O)C[C@@H](C)C[C@H]4OC(C)(C)OC[C@]43C21. The van der Waals surface area contributed by atoms with Gasteiger partial charge in [0.05, 0.1) is 83.6 Å². The number of aliphatic hydroxyl groups is 5. The molecule has 10 fully saturated rings. The standard InChI is InChI=1S/C29H50O9.C29H48O9/c2*1-18-11-23-28(15-36-25(2,3)38-23)24-20(7-9-27(28,32)12-18)29(37-17-34-6)10-8-19(21(31)14-30)26(29,4)13-22(24)35-16-33-5/h18-24,30-32H,7-17H2,1-6H3;18-20,22-24,30,32H,7-17H2,1-6H3/t18-,19+,20?,21?,22+,23+,24?,26+,27-,28+,29-;18-,19+,20?,22+,23+,24?,26+,27-,28+,29-/m00/s1. The van der Waals surface area contributed by atoms with Crippen molar-refractivity contribution >= 4 is 5.78 Å². The molecule has 438 valence electrons. The molecule has 0 bridgehead atoms. The number of Topliss-reactive ketones (excluding diaryl/α,β-unsaturated/α-hetero) is 1. The second-order valence-corrected chi connectivity index (χ2v) is 27.1. The lowest BCUT2D eigenvalue weighted by atomic mass is 9.39. The van der Waals surface area contributed by atoms with Crippen molar-refractivity contribution in [3.8, 4) is 0 Å². The van der Waals surface area contributed by atoms with Crippen molar-refractivity contribution in [1.29, 1.82) is 0 Å². The average molecular weight is 1080 g/mol. The van der Waals surface area contributed by atoms with E-state index in [0.29, 0.717) is 76.4 Å². The van der Waals surface area contributed by atoms with Crippen molar-refractivity contribution in [3.63, 3.8) is 0 Å². The molecule has 2 aliphatic heterocycles. The number of carbonyl (C=O) groups is 1. The summed E-state index contributed by atoms with van der Waals surface area (Å²) in [6, 6.07) is 0. The third kappa shape index (κ3) is 9.00. The summed E-state index contributed by atoms with van der Waals surface area (Å²) in [5.74, 6) is -1.77. The number of hydrogen-bond acceptors (Lipinski definition) is 18. The Kier molecular flexibility index (Phi) is 17.0. The van der Waals surface area contributed by atoms with Crippen LogP contribution >= 0.6 is 0 Å². The minimum Gasteiger partial charge on any atom is -0.394 e. The molecule has 10 rings (SSSR count). The fourth-order valence-electron chi connectivity index (χ4n) is 20.1. The maximum atomic E-state index is 13.1. The van der Waals surface area contributed by atoms with E-state index in [1.165, 1.54) is 0 Å². The van der Waals surface area contributed by atoms with Crippen LogP contribution in [0.3, 0.4) is 0 Å². The van der Waals surface area contributed by atoms with E-state index < -0.39 is 68.3 Å². The van der Waals surface area contributed by atoms with Crippen molar-refractivity contribution in [3.05, 3.63) is 0 Å². The van der Waals surface area contributed by atoms with Crippen LogP contribution in [0.1, 0.15) is 145 Å². The summed E-state index contributed by atoms with van der Waals surface area (Å²) >= 11 is 0. The molecule has 5 unspecified atom stereocenters. The van der Waals surface area contributed by atoms with Crippen LogP contribution < -0.4 is 0 Å². The molecule has 0 aromatic rings. The summed E-state index contributed by atoms with van der Waals surface area (Å²) < 4.78 is 74.5. The first kappa shape index (κ1) is 59.6. The topological polar surface area (TPSA) is 229 Å². The van der Waals surface area contributed by atoms with Crippen LogP contribution in [0.5, 0.6) is 0 Å². The van der Waals surface area contributed by atoms with Gasteiger partial charge in [0.15, 0.2) is 17.4 Å². The number of aliphatic hydroxyl groups excluding tert-OH is 3. The maximum Gasteiger partial charge on any atom is 0.163 e. The Morgan fingerprint density at radius 2 is 1.03 bits per heavy atom. The summed E-state index contributed by atoms with van der Waals surface area (Å²) in [4.78, 5) is 13.1. The quantitative estimate of drug-likeness (QED) is 0.114. The first-order valence-electron chi connectivity index (χ1n) is 28.8. The Morgan fingerprint density at radius 3 is 1.46 bits per heavy atom. The summed E-state index contributed by atoms with van der Waals surface area (Å²) in [6.45, 7) is 17.0. The molecule has 76 heavy (non-hydrogen) atoms. The van der Waals surface area contributed by atoms with E-state index in [1.54, 1.807) is 28.4 Å². The summed E-state index contributed by atoms with van der Waals surface area (Å²) in [6.07, 6.45) is 7.92. The van der Waals surface area contributed by atoms with Gasteiger partial charge in [-0.05, 0) is 147 Å². The highest BCUT2D eigenvalue weighted by Gasteiger charge is 2.80. The molecule has 2 saturated heterocycles. The van der Waals surface area contributed by atoms with Crippen LogP contribution in [0.2, 0.25) is 0 Å². The Balaban J connectivity index is 0.000000186. The van der Waals surface area contributed by atoms with Gasteiger partial charge in [-0.25, -0.2) is 0 Å². The first-order chi connectivity index (χ1) is 35.9. The van der Waals surface area contributed by atoms with Crippen molar-refractivity contribution in [2.75, 3.05) is 82.0 Å². The van der Waals surface area contributed by atoms with Crippen LogP contribution in [0, 0.1) is 69.0 Å². The van der Waals surface area contributed by atoms with Gasteiger partial charge >= 0.3 is 0 Å². The first-order valence-corrected chi connectivity index (χ1v) is 28.8. The van der Waals surface area contributed by atoms with E-state index in [4.69, 9.17) is 56.8 Å². The van der Waals surface area contributed by atoms with Crippen molar-refractivity contribution in [2.45, 2.75) is 210 Å². The van der Waals surface area contributed by atoms with E-state index >= 15 is 0 Å². The van der Waals surface area contributed by atoms with Gasteiger partial charge in [0.25, 0.3) is 0 Å². The normalized spacial score (nSPS) is 50.0. The zero-order chi connectivity index (χ0) is 55.1. The largest absolute Gasteiger partial charge is 0.394 e. The number of ether oxygens (including phenoxy) is 12. The van der Waals surface area contributed by atoms with Crippen molar-refractivity contribution in [2.24, 2.45) is 69.0 Å². The van der Waals surface area contributed by atoms with Gasteiger partial charge < -0.3 is 82.4 Å². The van der Waals surface area contributed by atoms with Gasteiger partial charge in [0.1, 0.15) is 33.8 Å². The van der Waals surface area contributed by atoms with Crippen molar-refractivity contribution in [1.82, 2.24) is 0 Å². The van der Waals surface area contributed by atoms with E-state index in [-0.39, 0.29) is 99.5 Å². The Morgan fingerprint density at radius 1 is 0.592 bits per heavy atom. The number of ketones is 1. The van der Waals surface area contributed by atoms with Crippen molar-refractivity contribution < 1.29 is 87.2 Å². The molecule has 2 heterocycles. The second-order valence-electron chi connectivity index (χ2n) is 27.1. The van der Waals surface area contributed by atoms with Crippen LogP contribution in [0.4, 0.5) is 0 Å². The van der Waals surface area contributed by atoms with Crippen LogP contribution in [0.15, 0.2) is 0 Å². The monoisotopic (exact) mass is 1080 g/mol. The van der Waals surface area contributed by atoms with Gasteiger partial charge in [-0.3, -0.25) is 4.79 Å². The predicted molar refractivity (Wildman–Crippen MR) is 275 cm³/mol. The van der Waals surface area contributed by atoms with E-state index in [1.807, 2.05) is 27.7 Å². The summed E-state index contributed by atoms with van der Waals surface area (Å²) in [5, 5.41) is 55.9. The number of hydrogen-bond donors (Lipinski definition) is 5. The zero-order valence-electron chi connectivity index (χ0n) is 48.1. The molecule has 0 aromatic heterocycles. The molecule has 18 heteroatoms. The minimum atomic E-state index is -0.975. The molecular formula is C58H98O18. The highest BCUT2D eigenvalue weighted by atomic mass is 16.7. The predicted octanol–water partition coefficient (Wildman–Crippen LogP) is 5.87. The number of rotatable bonds is 16. The number of methoxy groups -OCH3 is 4. The third-order valence-electron chi connectivity index (χ3n) is 22.7. The number of fused-ring (bicyclic) bond motifs is 6. The van der Waals surface area contributed by atoms with E-state index in [2.05, 4.69) is 27.7 Å². The van der Waals surface area contributed by atoms with Crippen LogP contribution in [-0.2, 0) is 61.6 Å². The minimum absolute atomic E-state index is 0.0127. The molecule has 2 spiro atoms. The molecule has 5 N–H and O–H groups in total. The Bertz CT molecular complexity index is 2030.